The van der Waals surface area contributed by atoms with E-state index in [-0.39, 0.29) is 16.2 Å². The van der Waals surface area contributed by atoms with Gasteiger partial charge < -0.3 is 9.64 Å². The molecule has 9 heteroatoms. The van der Waals surface area contributed by atoms with Crippen LogP contribution in [-0.4, -0.2) is 49.8 Å². The first kappa shape index (κ1) is 21.7. The molecule has 6 nitrogen and oxygen atoms in total. The van der Waals surface area contributed by atoms with Crippen LogP contribution >= 0.6 is 0 Å². The van der Waals surface area contributed by atoms with E-state index >= 15 is 0 Å². The highest BCUT2D eigenvalue weighted by Gasteiger charge is 2.34. The molecule has 0 unspecified atom stereocenters. The van der Waals surface area contributed by atoms with Crippen molar-refractivity contribution in [3.05, 3.63) is 53.6 Å². The van der Waals surface area contributed by atoms with Gasteiger partial charge in [0, 0.05) is 25.2 Å². The number of rotatable bonds is 5. The van der Waals surface area contributed by atoms with Gasteiger partial charge in [-0.25, -0.2) is 17.2 Å². The molecule has 0 spiro atoms. The molecule has 0 amide bonds. The lowest BCUT2D eigenvalue weighted by Crippen LogP contribution is -2.45. The van der Waals surface area contributed by atoms with Crippen LogP contribution < -0.4 is 4.74 Å². The highest BCUT2D eigenvalue weighted by Crippen LogP contribution is 2.34. The highest BCUT2D eigenvalue weighted by molar-refractivity contribution is 7.89. The Labute approximate surface area is 180 Å². The van der Waals surface area contributed by atoms with E-state index in [1.54, 1.807) is 0 Å². The minimum Gasteiger partial charge on any atom is -0.453 e. The second-order valence-corrected chi connectivity index (χ2v) is 9.73. The van der Waals surface area contributed by atoms with E-state index in [1.807, 2.05) is 6.07 Å². The summed E-state index contributed by atoms with van der Waals surface area (Å²) in [6, 6.07) is 8.89. The third-order valence-electron chi connectivity index (χ3n) is 5.88. The molecule has 0 aliphatic carbocycles. The van der Waals surface area contributed by atoms with Crippen molar-refractivity contribution in [3.8, 4) is 17.6 Å². The number of hydrogen-bond donors (Lipinski definition) is 0. The van der Waals surface area contributed by atoms with Crippen molar-refractivity contribution < 1.29 is 21.9 Å². The van der Waals surface area contributed by atoms with E-state index in [0.717, 1.165) is 44.1 Å². The molecule has 2 aromatic carbocycles. The molecule has 0 aromatic heterocycles. The quantitative estimate of drug-likeness (QED) is 0.696. The fraction of sp³-hybridized carbons (Fsp3) is 0.409. The largest absolute Gasteiger partial charge is 0.453 e. The van der Waals surface area contributed by atoms with Crippen LogP contribution in [0, 0.1) is 23.0 Å². The lowest BCUT2D eigenvalue weighted by molar-refractivity contribution is 0.167. The zero-order valence-electron chi connectivity index (χ0n) is 16.9. The fourth-order valence-corrected chi connectivity index (χ4v) is 5.84. The molecule has 31 heavy (non-hydrogen) atoms. The molecule has 0 saturated carbocycles. The second-order valence-electron chi connectivity index (χ2n) is 7.83. The number of likely N-dealkylation sites (tertiary alicyclic amines) is 1. The summed E-state index contributed by atoms with van der Waals surface area (Å²) in [6.07, 6.45) is 3.81. The Bertz CT molecular complexity index is 1100. The summed E-state index contributed by atoms with van der Waals surface area (Å²) in [5.74, 6) is -2.10. The van der Waals surface area contributed by atoms with E-state index in [1.165, 1.54) is 35.3 Å². The van der Waals surface area contributed by atoms with Crippen LogP contribution in [0.1, 0.15) is 31.2 Å². The molecule has 0 N–H and O–H groups in total. The van der Waals surface area contributed by atoms with Crippen molar-refractivity contribution >= 4 is 10.0 Å². The Kier molecular flexibility index (Phi) is 6.23. The van der Waals surface area contributed by atoms with Gasteiger partial charge in [-0.05, 0) is 69.1 Å². The first-order valence-electron chi connectivity index (χ1n) is 10.3. The number of benzene rings is 2. The van der Waals surface area contributed by atoms with Crippen molar-refractivity contribution in [2.24, 2.45) is 0 Å². The van der Waals surface area contributed by atoms with Crippen LogP contribution in [0.4, 0.5) is 8.78 Å². The van der Waals surface area contributed by atoms with Gasteiger partial charge in [0.05, 0.1) is 11.6 Å². The third kappa shape index (κ3) is 4.56. The molecule has 164 valence electrons. The zero-order valence-corrected chi connectivity index (χ0v) is 17.7. The van der Waals surface area contributed by atoms with Gasteiger partial charge in [0.1, 0.15) is 16.5 Å². The van der Waals surface area contributed by atoms with E-state index in [9.17, 15) is 22.5 Å². The van der Waals surface area contributed by atoms with Crippen LogP contribution in [-0.2, 0) is 10.0 Å². The minimum absolute atomic E-state index is 0.137. The van der Waals surface area contributed by atoms with Crippen LogP contribution in [0.3, 0.4) is 0 Å². The van der Waals surface area contributed by atoms with Crippen molar-refractivity contribution in [2.75, 3.05) is 26.2 Å². The number of hydrogen-bond acceptors (Lipinski definition) is 5. The molecular weight excluding hydrogens is 424 g/mol. The standard InChI is InChI=1S/C22H23F2N3O3S/c23-17-4-5-19(24)21(14-17)30-20-6-3-16(15-25)13-22(20)31(28,29)27-11-7-18(8-12-27)26-9-1-2-10-26/h3-6,13-14,18H,1-2,7-12H2. The summed E-state index contributed by atoms with van der Waals surface area (Å²) in [4.78, 5) is 2.19. The van der Waals surface area contributed by atoms with Gasteiger partial charge in [-0.2, -0.15) is 9.57 Å². The van der Waals surface area contributed by atoms with Crippen LogP contribution in [0.15, 0.2) is 41.3 Å². The molecule has 0 bridgehead atoms. The molecule has 0 atom stereocenters. The Morgan fingerprint density at radius 2 is 1.68 bits per heavy atom. The van der Waals surface area contributed by atoms with Crippen LogP contribution in [0.5, 0.6) is 11.5 Å². The summed E-state index contributed by atoms with van der Waals surface area (Å²) < 4.78 is 61.2. The number of nitriles is 1. The lowest BCUT2D eigenvalue weighted by atomic mass is 10.1. The summed E-state index contributed by atoms with van der Waals surface area (Å²) in [5.41, 5.74) is 0.137. The summed E-state index contributed by atoms with van der Waals surface area (Å²) in [6.45, 7) is 2.82. The predicted octanol–water partition coefficient (Wildman–Crippen LogP) is 3.88. The van der Waals surface area contributed by atoms with Crippen LogP contribution in [0.25, 0.3) is 0 Å². The molecular formula is C22H23F2N3O3S. The third-order valence-corrected chi connectivity index (χ3v) is 7.80. The van der Waals surface area contributed by atoms with Gasteiger partial charge in [0.2, 0.25) is 10.0 Å². The maximum atomic E-state index is 14.1. The maximum Gasteiger partial charge on any atom is 0.246 e. The smallest absolute Gasteiger partial charge is 0.246 e. The molecule has 2 heterocycles. The van der Waals surface area contributed by atoms with E-state index < -0.39 is 27.4 Å². The van der Waals surface area contributed by atoms with Gasteiger partial charge >= 0.3 is 0 Å². The number of piperidine rings is 1. The number of halogens is 2. The predicted molar refractivity (Wildman–Crippen MR) is 110 cm³/mol. The van der Waals surface area contributed by atoms with Gasteiger partial charge in [-0.3, -0.25) is 0 Å². The second kappa shape index (κ2) is 8.91. The average Bonchev–Trinajstić information content (AvgIpc) is 3.31. The summed E-state index contributed by atoms with van der Waals surface area (Å²) in [7, 11) is -3.99. The number of ether oxygens (including phenoxy) is 1. The summed E-state index contributed by atoms with van der Waals surface area (Å²) in [5, 5.41) is 9.24. The number of nitrogens with zero attached hydrogens (tertiary/aromatic N) is 3. The van der Waals surface area contributed by atoms with Crippen molar-refractivity contribution in [2.45, 2.75) is 36.6 Å². The van der Waals surface area contributed by atoms with E-state index in [2.05, 4.69) is 4.90 Å². The SMILES string of the molecule is N#Cc1ccc(Oc2cc(F)ccc2F)c(S(=O)(=O)N2CCC(N3CCCC3)CC2)c1. The van der Waals surface area contributed by atoms with Crippen molar-refractivity contribution in [1.29, 1.82) is 5.26 Å². The van der Waals surface area contributed by atoms with Gasteiger partial charge in [-0.1, -0.05) is 0 Å². The zero-order chi connectivity index (χ0) is 22.0. The highest BCUT2D eigenvalue weighted by atomic mass is 32.2. The first-order valence-corrected chi connectivity index (χ1v) is 11.7. The molecule has 2 aliphatic heterocycles. The van der Waals surface area contributed by atoms with E-state index in [0.29, 0.717) is 19.1 Å². The number of sulfonamides is 1. The van der Waals surface area contributed by atoms with Crippen molar-refractivity contribution in [3.63, 3.8) is 0 Å². The molecule has 4 rings (SSSR count). The molecule has 2 saturated heterocycles. The molecule has 2 aliphatic rings. The molecule has 2 aromatic rings. The van der Waals surface area contributed by atoms with E-state index in [4.69, 9.17) is 4.74 Å². The minimum atomic E-state index is -3.99. The fourth-order valence-electron chi connectivity index (χ4n) is 4.23. The maximum absolute atomic E-state index is 14.1. The van der Waals surface area contributed by atoms with Gasteiger partial charge in [-0.15, -0.1) is 0 Å². The average molecular weight is 448 g/mol. The normalized spacial score (nSPS) is 18.7. The van der Waals surface area contributed by atoms with Gasteiger partial charge in [0.15, 0.2) is 11.6 Å². The Morgan fingerprint density at radius 3 is 2.35 bits per heavy atom. The monoisotopic (exact) mass is 447 g/mol. The van der Waals surface area contributed by atoms with Crippen LogP contribution in [0.2, 0.25) is 0 Å². The Morgan fingerprint density at radius 1 is 0.968 bits per heavy atom. The Hall–Kier alpha value is -2.54. The first-order chi connectivity index (χ1) is 14.9. The Balaban J connectivity index is 1.61. The molecule has 2 fully saturated rings. The van der Waals surface area contributed by atoms with Crippen molar-refractivity contribution in [1.82, 2.24) is 9.21 Å². The lowest BCUT2D eigenvalue weighted by Gasteiger charge is -2.36. The van der Waals surface area contributed by atoms with Gasteiger partial charge in [0.25, 0.3) is 0 Å². The summed E-state index contributed by atoms with van der Waals surface area (Å²) >= 11 is 0. The molecule has 0 radical (unpaired) electrons. The topological polar surface area (TPSA) is 73.6 Å².